The molecule has 1 aliphatic rings. The van der Waals surface area contributed by atoms with Crippen molar-refractivity contribution in [2.75, 3.05) is 0 Å². The third-order valence-electron chi connectivity index (χ3n) is 2.47. The molecule has 0 saturated carbocycles. The van der Waals surface area contributed by atoms with Gasteiger partial charge in [0.25, 0.3) is 0 Å². The van der Waals surface area contributed by atoms with Gasteiger partial charge in [-0.15, -0.1) is 11.1 Å². The Hall–Kier alpha value is -1.29. The largest absolute Gasteiger partial charge is 0.480 e. The van der Waals surface area contributed by atoms with Crippen LogP contribution in [0.3, 0.4) is 0 Å². The SMILES string of the molecule is CCC(C(=O)O)[SH]1N=Cc2ccccc21. The second-order valence-corrected chi connectivity index (χ2v) is 5.44. The zero-order valence-electron chi connectivity index (χ0n) is 8.42. The zero-order chi connectivity index (χ0) is 10.8. The van der Waals surface area contributed by atoms with Crippen molar-refractivity contribution < 1.29 is 9.90 Å². The molecule has 15 heavy (non-hydrogen) atoms. The van der Waals surface area contributed by atoms with Crippen molar-refractivity contribution in [3.8, 4) is 0 Å². The van der Waals surface area contributed by atoms with E-state index in [1.165, 1.54) is 0 Å². The maximum atomic E-state index is 11.1. The van der Waals surface area contributed by atoms with Crippen LogP contribution in [0, 0.1) is 0 Å². The predicted molar refractivity (Wildman–Crippen MR) is 63.0 cm³/mol. The highest BCUT2D eigenvalue weighted by Gasteiger charge is 2.27. The van der Waals surface area contributed by atoms with E-state index < -0.39 is 17.1 Å². The number of carbonyl (C=O) groups is 1. The van der Waals surface area contributed by atoms with E-state index in [9.17, 15) is 4.79 Å². The first-order chi connectivity index (χ1) is 7.24. The molecule has 0 aromatic heterocycles. The van der Waals surface area contributed by atoms with Gasteiger partial charge in [-0.2, -0.15) is 0 Å². The topological polar surface area (TPSA) is 49.7 Å². The van der Waals surface area contributed by atoms with Crippen LogP contribution in [0.1, 0.15) is 18.9 Å². The van der Waals surface area contributed by atoms with Crippen LogP contribution in [-0.2, 0) is 4.79 Å². The van der Waals surface area contributed by atoms with Crippen molar-refractivity contribution in [1.29, 1.82) is 0 Å². The average Bonchev–Trinajstić information content (AvgIpc) is 2.63. The molecule has 1 aromatic rings. The van der Waals surface area contributed by atoms with E-state index in [1.807, 2.05) is 31.2 Å². The fourth-order valence-electron chi connectivity index (χ4n) is 1.69. The van der Waals surface area contributed by atoms with Crippen molar-refractivity contribution in [2.24, 2.45) is 4.40 Å². The number of benzene rings is 1. The lowest BCUT2D eigenvalue weighted by molar-refractivity contribution is -0.136. The molecule has 2 atom stereocenters. The molecule has 1 heterocycles. The van der Waals surface area contributed by atoms with Gasteiger partial charge in [0.15, 0.2) is 0 Å². The summed E-state index contributed by atoms with van der Waals surface area (Å²) >= 11 is -0.894. The third-order valence-corrected chi connectivity index (χ3v) is 4.91. The van der Waals surface area contributed by atoms with Gasteiger partial charge in [-0.05, 0) is 12.5 Å². The van der Waals surface area contributed by atoms with Crippen molar-refractivity contribution in [2.45, 2.75) is 23.5 Å². The Kier molecular flexibility index (Phi) is 2.77. The van der Waals surface area contributed by atoms with E-state index in [1.54, 1.807) is 6.21 Å². The Morgan fingerprint density at radius 3 is 2.93 bits per heavy atom. The predicted octanol–water partition coefficient (Wildman–Crippen LogP) is 2.26. The van der Waals surface area contributed by atoms with E-state index in [-0.39, 0.29) is 5.25 Å². The first-order valence-corrected chi connectivity index (χ1v) is 6.25. The highest BCUT2D eigenvalue weighted by molar-refractivity contribution is 8.17. The molecule has 2 rings (SSSR count). The minimum absolute atomic E-state index is 0.347. The van der Waals surface area contributed by atoms with Crippen LogP contribution < -0.4 is 0 Å². The van der Waals surface area contributed by atoms with Crippen LogP contribution in [0.5, 0.6) is 0 Å². The maximum absolute atomic E-state index is 11.1. The van der Waals surface area contributed by atoms with Gasteiger partial charge in [-0.25, -0.2) is 4.40 Å². The molecule has 3 nitrogen and oxygen atoms in total. The summed E-state index contributed by atoms with van der Waals surface area (Å²) in [5.41, 5.74) is 1.07. The number of carboxylic acid groups (broad SMARTS) is 1. The second-order valence-electron chi connectivity index (χ2n) is 3.41. The number of hydrogen-bond donors (Lipinski definition) is 2. The Morgan fingerprint density at radius 2 is 2.27 bits per heavy atom. The molecule has 80 valence electrons. The fourth-order valence-corrected chi connectivity index (χ4v) is 3.75. The van der Waals surface area contributed by atoms with E-state index in [4.69, 9.17) is 5.11 Å². The molecule has 0 saturated heterocycles. The fraction of sp³-hybridized carbons (Fsp3) is 0.273. The molecular formula is C11H13NO2S. The van der Waals surface area contributed by atoms with Crippen molar-refractivity contribution in [1.82, 2.24) is 0 Å². The number of fused-ring (bicyclic) bond motifs is 1. The number of nitrogens with zero attached hydrogens (tertiary/aromatic N) is 1. The summed E-state index contributed by atoms with van der Waals surface area (Å²) in [6.07, 6.45) is 2.43. The molecule has 0 bridgehead atoms. The lowest BCUT2D eigenvalue weighted by atomic mass is 10.2. The van der Waals surface area contributed by atoms with Gasteiger partial charge in [0.1, 0.15) is 5.25 Å². The zero-order valence-corrected chi connectivity index (χ0v) is 9.32. The molecule has 2 unspecified atom stereocenters. The molecule has 1 N–H and O–H groups in total. The number of thiol groups is 1. The van der Waals surface area contributed by atoms with E-state index in [0.29, 0.717) is 6.42 Å². The molecule has 0 radical (unpaired) electrons. The molecule has 1 aromatic carbocycles. The summed E-state index contributed by atoms with van der Waals surface area (Å²) in [6.45, 7) is 1.90. The standard InChI is InChI=1S/C11H13NO2S/c1-2-9(11(13)14)15-10-6-4-3-5-8(10)7-12-15/h3-7,9,15H,2H2,1H3,(H,13,14). The van der Waals surface area contributed by atoms with Gasteiger partial charge in [0, 0.05) is 16.7 Å². The minimum Gasteiger partial charge on any atom is -0.480 e. The summed E-state index contributed by atoms with van der Waals surface area (Å²) in [5, 5.41) is 8.75. The lowest BCUT2D eigenvalue weighted by Gasteiger charge is -2.20. The smallest absolute Gasteiger partial charge is 0.316 e. The van der Waals surface area contributed by atoms with E-state index >= 15 is 0 Å². The van der Waals surface area contributed by atoms with Gasteiger partial charge in [0.05, 0.1) is 0 Å². The molecule has 4 heteroatoms. The van der Waals surface area contributed by atoms with Crippen molar-refractivity contribution >= 4 is 23.3 Å². The highest BCUT2D eigenvalue weighted by atomic mass is 32.2. The summed E-state index contributed by atoms with van der Waals surface area (Å²) in [4.78, 5) is 12.2. The molecular weight excluding hydrogens is 210 g/mol. The molecule has 0 amide bonds. The van der Waals surface area contributed by atoms with Gasteiger partial charge < -0.3 is 5.11 Å². The van der Waals surface area contributed by atoms with E-state index in [2.05, 4.69) is 4.40 Å². The first kappa shape index (κ1) is 10.2. The van der Waals surface area contributed by atoms with Crippen LogP contribution in [0.2, 0.25) is 0 Å². The lowest BCUT2D eigenvalue weighted by Crippen LogP contribution is -2.18. The molecule has 1 aliphatic heterocycles. The third kappa shape index (κ3) is 1.77. The Balaban J connectivity index is 2.34. The van der Waals surface area contributed by atoms with Gasteiger partial charge >= 0.3 is 5.97 Å². The normalized spacial score (nSPS) is 22.3. The number of hydrogen-bond acceptors (Lipinski definition) is 2. The van der Waals surface area contributed by atoms with Crippen LogP contribution >= 0.6 is 11.1 Å². The summed E-state index contributed by atoms with van der Waals surface area (Å²) in [7, 11) is 0. The summed E-state index contributed by atoms with van der Waals surface area (Å²) in [6, 6.07) is 7.86. The van der Waals surface area contributed by atoms with Gasteiger partial charge in [-0.1, -0.05) is 25.1 Å². The van der Waals surface area contributed by atoms with Crippen LogP contribution in [0.25, 0.3) is 0 Å². The van der Waals surface area contributed by atoms with Crippen LogP contribution in [0.4, 0.5) is 0 Å². The molecule has 0 aliphatic carbocycles. The number of carboxylic acids is 1. The van der Waals surface area contributed by atoms with Gasteiger partial charge in [0.2, 0.25) is 0 Å². The number of aliphatic carboxylic acids is 1. The highest BCUT2D eigenvalue weighted by Crippen LogP contribution is 2.48. The second kappa shape index (κ2) is 4.06. The summed E-state index contributed by atoms with van der Waals surface area (Å²) < 4.78 is 4.36. The van der Waals surface area contributed by atoms with Crippen molar-refractivity contribution in [3.05, 3.63) is 29.8 Å². The average molecular weight is 223 g/mol. The van der Waals surface area contributed by atoms with E-state index in [0.717, 1.165) is 10.5 Å². The van der Waals surface area contributed by atoms with Crippen LogP contribution in [0.15, 0.2) is 33.6 Å². The maximum Gasteiger partial charge on any atom is 0.316 e. The first-order valence-electron chi connectivity index (χ1n) is 4.89. The molecule has 0 spiro atoms. The molecule has 0 fully saturated rings. The quantitative estimate of drug-likeness (QED) is 0.772. The number of rotatable bonds is 3. The summed E-state index contributed by atoms with van der Waals surface area (Å²) in [5.74, 6) is -0.738. The van der Waals surface area contributed by atoms with Crippen LogP contribution in [-0.4, -0.2) is 22.5 Å². The van der Waals surface area contributed by atoms with Crippen molar-refractivity contribution in [3.63, 3.8) is 0 Å². The Morgan fingerprint density at radius 1 is 1.53 bits per heavy atom. The van der Waals surface area contributed by atoms with Gasteiger partial charge in [-0.3, -0.25) is 4.79 Å². The minimum atomic E-state index is -0.894. The Labute approximate surface area is 91.3 Å². The monoisotopic (exact) mass is 223 g/mol. The Bertz CT molecular complexity index is 417.